The van der Waals surface area contributed by atoms with E-state index in [1.807, 2.05) is 0 Å². The van der Waals surface area contributed by atoms with Crippen LogP contribution >= 0.6 is 11.6 Å². The van der Waals surface area contributed by atoms with Gasteiger partial charge < -0.3 is 15.7 Å². The van der Waals surface area contributed by atoms with E-state index in [2.05, 4.69) is 10.6 Å². The SMILES string of the molecule is O=C(CNCCCC1CC1)Nc1cc(C(=O)O)ccc1Cl. The molecule has 1 aromatic carbocycles. The van der Waals surface area contributed by atoms with Crippen LogP contribution in [0.3, 0.4) is 0 Å². The van der Waals surface area contributed by atoms with Gasteiger partial charge in [-0.3, -0.25) is 4.79 Å². The maximum absolute atomic E-state index is 11.8. The molecule has 114 valence electrons. The third-order valence-electron chi connectivity index (χ3n) is 3.44. The highest BCUT2D eigenvalue weighted by atomic mass is 35.5. The summed E-state index contributed by atoms with van der Waals surface area (Å²) in [5.74, 6) is -0.385. The fourth-order valence-electron chi connectivity index (χ4n) is 2.07. The lowest BCUT2D eigenvalue weighted by Crippen LogP contribution is -2.29. The Hall–Kier alpha value is -1.59. The van der Waals surface area contributed by atoms with Crippen molar-refractivity contribution in [3.05, 3.63) is 28.8 Å². The van der Waals surface area contributed by atoms with Crippen LogP contribution in [0, 0.1) is 5.92 Å². The van der Waals surface area contributed by atoms with E-state index in [4.69, 9.17) is 16.7 Å². The van der Waals surface area contributed by atoms with Gasteiger partial charge >= 0.3 is 5.97 Å². The summed E-state index contributed by atoms with van der Waals surface area (Å²) < 4.78 is 0. The van der Waals surface area contributed by atoms with Crippen LogP contribution in [-0.2, 0) is 4.79 Å². The summed E-state index contributed by atoms with van der Waals surface area (Å²) in [6, 6.07) is 4.22. The Bertz CT molecular complexity index is 530. The lowest BCUT2D eigenvalue weighted by molar-refractivity contribution is -0.115. The summed E-state index contributed by atoms with van der Waals surface area (Å²) in [5.41, 5.74) is 0.411. The Morgan fingerprint density at radius 2 is 2.10 bits per heavy atom. The predicted octanol–water partition coefficient (Wildman–Crippen LogP) is 2.76. The number of carbonyl (C=O) groups is 2. The molecule has 1 amide bonds. The molecule has 1 fully saturated rings. The molecule has 0 aromatic heterocycles. The molecule has 1 aliphatic rings. The molecule has 2 rings (SSSR count). The average Bonchev–Trinajstić information content (AvgIpc) is 3.24. The summed E-state index contributed by atoms with van der Waals surface area (Å²) in [7, 11) is 0. The van der Waals surface area contributed by atoms with Crippen molar-refractivity contribution in [2.24, 2.45) is 5.92 Å². The normalized spacial score (nSPS) is 14.0. The van der Waals surface area contributed by atoms with E-state index < -0.39 is 5.97 Å². The largest absolute Gasteiger partial charge is 0.478 e. The first-order chi connectivity index (χ1) is 10.1. The minimum Gasteiger partial charge on any atom is -0.478 e. The molecule has 5 nitrogen and oxygen atoms in total. The molecule has 0 spiro atoms. The molecule has 21 heavy (non-hydrogen) atoms. The lowest BCUT2D eigenvalue weighted by Gasteiger charge is -2.09. The van der Waals surface area contributed by atoms with Crippen LogP contribution in [0.2, 0.25) is 5.02 Å². The van der Waals surface area contributed by atoms with E-state index in [9.17, 15) is 9.59 Å². The van der Waals surface area contributed by atoms with Crippen molar-refractivity contribution >= 4 is 29.2 Å². The minimum atomic E-state index is -1.06. The molecule has 0 saturated heterocycles. The monoisotopic (exact) mass is 310 g/mol. The van der Waals surface area contributed by atoms with Crippen molar-refractivity contribution in [1.82, 2.24) is 5.32 Å². The van der Waals surface area contributed by atoms with Gasteiger partial charge in [0.05, 0.1) is 22.8 Å². The Balaban J connectivity index is 1.75. The first-order valence-corrected chi connectivity index (χ1v) is 7.47. The number of aromatic carboxylic acids is 1. The summed E-state index contributed by atoms with van der Waals surface area (Å²) >= 11 is 5.94. The molecular formula is C15H19ClN2O3. The number of hydrogen-bond acceptors (Lipinski definition) is 3. The second-order valence-corrected chi connectivity index (χ2v) is 5.72. The number of carboxylic acid groups (broad SMARTS) is 1. The first-order valence-electron chi connectivity index (χ1n) is 7.09. The topological polar surface area (TPSA) is 78.4 Å². The maximum Gasteiger partial charge on any atom is 0.335 e. The molecule has 6 heteroatoms. The van der Waals surface area contributed by atoms with E-state index >= 15 is 0 Å². The quantitative estimate of drug-likeness (QED) is 0.645. The number of hydrogen-bond donors (Lipinski definition) is 3. The van der Waals surface area contributed by atoms with E-state index in [-0.39, 0.29) is 18.0 Å². The van der Waals surface area contributed by atoms with Crippen LogP contribution in [0.25, 0.3) is 0 Å². The highest BCUT2D eigenvalue weighted by molar-refractivity contribution is 6.33. The van der Waals surface area contributed by atoms with Crippen molar-refractivity contribution in [3.63, 3.8) is 0 Å². The first kappa shape index (κ1) is 15.8. The summed E-state index contributed by atoms with van der Waals surface area (Å²) in [6.07, 6.45) is 4.99. The standard InChI is InChI=1S/C15H19ClN2O3/c16-12-6-5-11(15(20)21)8-13(12)18-14(19)9-17-7-1-2-10-3-4-10/h5-6,8,10,17H,1-4,7,9H2,(H,18,19)(H,20,21). The predicted molar refractivity (Wildman–Crippen MR) is 81.9 cm³/mol. The van der Waals surface area contributed by atoms with Gasteiger partial charge in [-0.05, 0) is 43.5 Å². The fraction of sp³-hybridized carbons (Fsp3) is 0.467. The van der Waals surface area contributed by atoms with Gasteiger partial charge in [-0.15, -0.1) is 0 Å². The molecule has 0 heterocycles. The van der Waals surface area contributed by atoms with Gasteiger partial charge in [0.2, 0.25) is 5.91 Å². The van der Waals surface area contributed by atoms with E-state index in [0.717, 1.165) is 18.9 Å². The number of amides is 1. The highest BCUT2D eigenvalue weighted by Gasteiger charge is 2.19. The summed E-state index contributed by atoms with van der Waals surface area (Å²) in [5, 5.41) is 14.9. The fourth-order valence-corrected chi connectivity index (χ4v) is 2.24. The maximum atomic E-state index is 11.8. The third kappa shape index (κ3) is 5.36. The van der Waals surface area contributed by atoms with Crippen LogP contribution < -0.4 is 10.6 Å². The molecule has 3 N–H and O–H groups in total. The number of carboxylic acids is 1. The van der Waals surface area contributed by atoms with Gasteiger partial charge in [0.1, 0.15) is 0 Å². The molecular weight excluding hydrogens is 292 g/mol. The Morgan fingerprint density at radius 3 is 2.76 bits per heavy atom. The number of anilines is 1. The van der Waals surface area contributed by atoms with Gasteiger partial charge in [0.15, 0.2) is 0 Å². The average molecular weight is 311 g/mol. The van der Waals surface area contributed by atoms with Crippen LogP contribution in [0.1, 0.15) is 36.0 Å². The van der Waals surface area contributed by atoms with Crippen LogP contribution in [0.5, 0.6) is 0 Å². The van der Waals surface area contributed by atoms with Crippen molar-refractivity contribution in [1.29, 1.82) is 0 Å². The van der Waals surface area contributed by atoms with Crippen molar-refractivity contribution in [2.75, 3.05) is 18.4 Å². The summed E-state index contributed by atoms with van der Waals surface area (Å²) in [4.78, 5) is 22.7. The molecule has 0 aliphatic heterocycles. The van der Waals surface area contributed by atoms with Gasteiger partial charge in [0, 0.05) is 0 Å². The van der Waals surface area contributed by atoms with Gasteiger partial charge in [-0.1, -0.05) is 24.4 Å². The van der Waals surface area contributed by atoms with Gasteiger partial charge in [-0.25, -0.2) is 4.79 Å². The van der Waals surface area contributed by atoms with E-state index in [0.29, 0.717) is 10.7 Å². The zero-order valence-corrected chi connectivity index (χ0v) is 12.4. The summed E-state index contributed by atoms with van der Waals surface area (Å²) in [6.45, 7) is 1.01. The number of nitrogens with one attached hydrogen (secondary N) is 2. The highest BCUT2D eigenvalue weighted by Crippen LogP contribution is 2.33. The molecule has 0 atom stereocenters. The molecule has 0 radical (unpaired) electrons. The molecule has 0 unspecified atom stereocenters. The van der Waals surface area contributed by atoms with E-state index in [1.165, 1.54) is 37.5 Å². The Kier molecular flexibility index (Phi) is 5.59. The van der Waals surface area contributed by atoms with Crippen molar-refractivity contribution in [2.45, 2.75) is 25.7 Å². The molecule has 1 aliphatic carbocycles. The molecule has 1 aromatic rings. The number of rotatable bonds is 8. The second kappa shape index (κ2) is 7.43. The van der Waals surface area contributed by atoms with Crippen molar-refractivity contribution < 1.29 is 14.7 Å². The Labute approximate surface area is 128 Å². The minimum absolute atomic E-state index is 0.0899. The number of halogens is 1. The molecule has 1 saturated carbocycles. The zero-order valence-electron chi connectivity index (χ0n) is 11.7. The van der Waals surface area contributed by atoms with Crippen molar-refractivity contribution in [3.8, 4) is 0 Å². The zero-order chi connectivity index (χ0) is 15.2. The Morgan fingerprint density at radius 1 is 1.33 bits per heavy atom. The van der Waals surface area contributed by atoms with Crippen LogP contribution in [0.4, 0.5) is 5.69 Å². The van der Waals surface area contributed by atoms with Gasteiger partial charge in [-0.2, -0.15) is 0 Å². The van der Waals surface area contributed by atoms with Crippen LogP contribution in [-0.4, -0.2) is 30.1 Å². The lowest BCUT2D eigenvalue weighted by atomic mass is 10.2. The number of benzene rings is 1. The smallest absolute Gasteiger partial charge is 0.335 e. The van der Waals surface area contributed by atoms with Gasteiger partial charge in [0.25, 0.3) is 0 Å². The van der Waals surface area contributed by atoms with Crippen LogP contribution in [0.15, 0.2) is 18.2 Å². The number of carbonyl (C=O) groups excluding carboxylic acids is 1. The molecule has 0 bridgehead atoms. The third-order valence-corrected chi connectivity index (χ3v) is 3.77. The second-order valence-electron chi connectivity index (χ2n) is 5.31. The van der Waals surface area contributed by atoms with E-state index in [1.54, 1.807) is 0 Å².